The molecule has 0 atom stereocenters. The number of esters is 1. The lowest BCUT2D eigenvalue weighted by molar-refractivity contribution is -0.139. The third-order valence-electron chi connectivity index (χ3n) is 2.72. The number of rotatable bonds is 4. The Kier molecular flexibility index (Phi) is 3.88. The van der Waals surface area contributed by atoms with Gasteiger partial charge in [0.1, 0.15) is 5.57 Å². The molecule has 1 heterocycles. The summed E-state index contributed by atoms with van der Waals surface area (Å²) >= 11 is 0. The fourth-order valence-corrected chi connectivity index (χ4v) is 1.66. The Morgan fingerprint density at radius 1 is 1.50 bits per heavy atom. The van der Waals surface area contributed by atoms with Crippen molar-refractivity contribution in [1.29, 1.82) is 0 Å². The summed E-state index contributed by atoms with van der Waals surface area (Å²) in [5.41, 5.74) is 1.34. The van der Waals surface area contributed by atoms with Crippen LogP contribution in [0.4, 0.5) is 0 Å². The van der Waals surface area contributed by atoms with Crippen LogP contribution in [0.15, 0.2) is 23.4 Å². The van der Waals surface area contributed by atoms with E-state index in [1.807, 2.05) is 6.92 Å². The van der Waals surface area contributed by atoms with Crippen LogP contribution in [-0.4, -0.2) is 30.4 Å². The molecule has 0 spiro atoms. The van der Waals surface area contributed by atoms with Crippen molar-refractivity contribution in [2.75, 3.05) is 13.7 Å². The van der Waals surface area contributed by atoms with E-state index in [2.05, 4.69) is 11.3 Å². The molecule has 1 aliphatic heterocycles. The monoisotopic (exact) mass is 223 g/mol. The quantitative estimate of drug-likeness (QED) is 0.537. The second kappa shape index (κ2) is 4.96. The third kappa shape index (κ3) is 2.01. The molecule has 0 aromatic carbocycles. The lowest BCUT2D eigenvalue weighted by Gasteiger charge is -2.17. The Morgan fingerprint density at radius 3 is 2.62 bits per heavy atom. The van der Waals surface area contributed by atoms with Crippen LogP contribution in [0, 0.1) is 0 Å². The molecule has 0 saturated carbocycles. The van der Waals surface area contributed by atoms with E-state index in [0.29, 0.717) is 17.8 Å². The summed E-state index contributed by atoms with van der Waals surface area (Å²) in [7, 11) is 1.27. The van der Waals surface area contributed by atoms with Crippen LogP contribution in [0.3, 0.4) is 0 Å². The first-order valence-corrected chi connectivity index (χ1v) is 5.34. The normalized spacial score (nSPS) is 16.1. The van der Waals surface area contributed by atoms with E-state index in [4.69, 9.17) is 0 Å². The van der Waals surface area contributed by atoms with Crippen molar-refractivity contribution in [1.82, 2.24) is 4.90 Å². The molecule has 0 aromatic heterocycles. The smallest absolute Gasteiger partial charge is 0.343 e. The van der Waals surface area contributed by atoms with Gasteiger partial charge in [0.25, 0.3) is 5.91 Å². The van der Waals surface area contributed by atoms with Gasteiger partial charge in [-0.25, -0.2) is 4.79 Å². The van der Waals surface area contributed by atoms with E-state index in [1.165, 1.54) is 7.11 Å². The van der Waals surface area contributed by atoms with Crippen LogP contribution in [0.25, 0.3) is 0 Å². The molecular weight excluding hydrogens is 206 g/mol. The first-order valence-electron chi connectivity index (χ1n) is 5.34. The van der Waals surface area contributed by atoms with Gasteiger partial charge in [-0.2, -0.15) is 0 Å². The lowest BCUT2D eigenvalue weighted by atomic mass is 10.1. The Labute approximate surface area is 95.6 Å². The first-order chi connectivity index (χ1) is 7.54. The summed E-state index contributed by atoms with van der Waals surface area (Å²) in [5, 5.41) is 0. The van der Waals surface area contributed by atoms with Crippen LogP contribution in [0.2, 0.25) is 0 Å². The van der Waals surface area contributed by atoms with Crippen molar-refractivity contribution in [2.24, 2.45) is 0 Å². The Bertz CT molecular complexity index is 368. The van der Waals surface area contributed by atoms with Gasteiger partial charge in [0.05, 0.1) is 7.11 Å². The van der Waals surface area contributed by atoms with Crippen molar-refractivity contribution in [3.63, 3.8) is 0 Å². The zero-order valence-electron chi connectivity index (χ0n) is 10.0. The number of hydrogen-bond donors (Lipinski definition) is 0. The standard InChI is InChI=1S/C12H17NO3/c1-5-6-7-13-9(3)8(2)10(11(13)14)12(15)16-4/h3,5-7H2,1-2,4H3. The minimum absolute atomic E-state index is 0.114. The Hall–Kier alpha value is -1.58. The predicted octanol–water partition coefficient (Wildman–Crippen LogP) is 1.63. The van der Waals surface area contributed by atoms with E-state index < -0.39 is 5.97 Å². The number of hydrogen-bond acceptors (Lipinski definition) is 3. The maximum absolute atomic E-state index is 11.9. The molecule has 1 rings (SSSR count). The number of methoxy groups -OCH3 is 1. The highest BCUT2D eigenvalue weighted by Gasteiger charge is 2.35. The van der Waals surface area contributed by atoms with E-state index in [1.54, 1.807) is 11.8 Å². The van der Waals surface area contributed by atoms with Crippen LogP contribution in [0.1, 0.15) is 26.7 Å². The second-order valence-electron chi connectivity index (χ2n) is 3.75. The number of amides is 1. The van der Waals surface area contributed by atoms with E-state index in [0.717, 1.165) is 12.8 Å². The van der Waals surface area contributed by atoms with Gasteiger partial charge in [0.2, 0.25) is 0 Å². The molecule has 0 saturated heterocycles. The fraction of sp³-hybridized carbons (Fsp3) is 0.500. The van der Waals surface area contributed by atoms with Gasteiger partial charge >= 0.3 is 5.97 Å². The largest absolute Gasteiger partial charge is 0.465 e. The summed E-state index contributed by atoms with van der Waals surface area (Å²) in [6.45, 7) is 8.20. The minimum Gasteiger partial charge on any atom is -0.465 e. The van der Waals surface area contributed by atoms with Crippen molar-refractivity contribution in [3.8, 4) is 0 Å². The SMILES string of the molecule is C=C1C(C)=C(C(=O)OC)C(=O)N1CCCC. The average molecular weight is 223 g/mol. The van der Waals surface area contributed by atoms with Gasteiger partial charge in [-0.15, -0.1) is 0 Å². The highest BCUT2D eigenvalue weighted by Crippen LogP contribution is 2.28. The Balaban J connectivity index is 2.92. The number of ether oxygens (including phenoxy) is 1. The third-order valence-corrected chi connectivity index (χ3v) is 2.72. The van der Waals surface area contributed by atoms with Crippen molar-refractivity contribution in [2.45, 2.75) is 26.7 Å². The van der Waals surface area contributed by atoms with Gasteiger partial charge in [-0.1, -0.05) is 19.9 Å². The fourth-order valence-electron chi connectivity index (χ4n) is 1.66. The first kappa shape index (κ1) is 12.5. The zero-order chi connectivity index (χ0) is 12.3. The van der Waals surface area contributed by atoms with Crippen molar-refractivity contribution < 1.29 is 14.3 Å². The Morgan fingerprint density at radius 2 is 2.12 bits per heavy atom. The van der Waals surface area contributed by atoms with E-state index in [9.17, 15) is 9.59 Å². The molecule has 88 valence electrons. The van der Waals surface area contributed by atoms with Gasteiger partial charge < -0.3 is 9.64 Å². The minimum atomic E-state index is -0.581. The molecule has 0 N–H and O–H groups in total. The molecule has 4 nitrogen and oxygen atoms in total. The molecule has 0 aromatic rings. The predicted molar refractivity (Wildman–Crippen MR) is 60.5 cm³/mol. The van der Waals surface area contributed by atoms with Crippen LogP contribution < -0.4 is 0 Å². The zero-order valence-corrected chi connectivity index (χ0v) is 10.0. The second-order valence-corrected chi connectivity index (χ2v) is 3.75. The lowest BCUT2D eigenvalue weighted by Crippen LogP contribution is -2.28. The molecule has 0 aliphatic carbocycles. The van der Waals surface area contributed by atoms with Crippen molar-refractivity contribution in [3.05, 3.63) is 23.4 Å². The summed E-state index contributed by atoms with van der Waals surface area (Å²) in [6, 6.07) is 0. The number of allylic oxidation sites excluding steroid dienone is 1. The summed E-state index contributed by atoms with van der Waals surface area (Å²) in [5.74, 6) is -0.870. The van der Waals surface area contributed by atoms with Crippen LogP contribution in [-0.2, 0) is 14.3 Å². The molecule has 0 unspecified atom stereocenters. The molecule has 1 amide bonds. The van der Waals surface area contributed by atoms with Gasteiger partial charge in [-0.3, -0.25) is 4.79 Å². The highest BCUT2D eigenvalue weighted by molar-refractivity contribution is 6.20. The number of carbonyl (C=O) groups excluding carboxylic acids is 2. The molecule has 0 bridgehead atoms. The topological polar surface area (TPSA) is 46.6 Å². The van der Waals surface area contributed by atoms with Gasteiger partial charge in [0, 0.05) is 12.2 Å². The summed E-state index contributed by atoms with van der Waals surface area (Å²) in [6.07, 6.45) is 1.89. The van der Waals surface area contributed by atoms with Crippen molar-refractivity contribution >= 4 is 11.9 Å². The summed E-state index contributed by atoms with van der Waals surface area (Å²) in [4.78, 5) is 24.9. The van der Waals surface area contributed by atoms with Gasteiger partial charge in [-0.05, 0) is 18.9 Å². The van der Waals surface area contributed by atoms with E-state index in [-0.39, 0.29) is 11.5 Å². The average Bonchev–Trinajstić information content (AvgIpc) is 2.48. The summed E-state index contributed by atoms with van der Waals surface area (Å²) < 4.78 is 4.59. The highest BCUT2D eigenvalue weighted by atomic mass is 16.5. The molecule has 0 radical (unpaired) electrons. The molecule has 16 heavy (non-hydrogen) atoms. The van der Waals surface area contributed by atoms with E-state index >= 15 is 0 Å². The molecule has 0 fully saturated rings. The maximum Gasteiger partial charge on any atom is 0.343 e. The molecule has 1 aliphatic rings. The number of unbranched alkanes of at least 4 members (excludes halogenated alkanes) is 1. The number of nitrogens with zero attached hydrogens (tertiary/aromatic N) is 1. The van der Waals surface area contributed by atoms with Gasteiger partial charge in [0.15, 0.2) is 0 Å². The van der Waals surface area contributed by atoms with Crippen LogP contribution in [0.5, 0.6) is 0 Å². The van der Waals surface area contributed by atoms with Crippen LogP contribution >= 0.6 is 0 Å². The molecular formula is C12H17NO3. The molecule has 4 heteroatoms. The maximum atomic E-state index is 11.9. The number of carbonyl (C=O) groups is 2.